The zero-order chi connectivity index (χ0) is 36.7. The summed E-state index contributed by atoms with van der Waals surface area (Å²) in [6, 6.07) is 61.1. The first-order chi connectivity index (χ1) is 27.8. The standard InChI is InChI=1S/C50H30N4O2/c1-4-13-31(14-5-1)34-22-24-41-43(27-34)55-45-29-39-36-19-10-11-21-40(36)54(46-30-38(33-17-8-3-9-18-33)37-20-12-26-51-50(37)52-46)47(39)49-48(45)53(41)42-25-23-35(28-44(42)56-49)32-15-6-2-7-16-32/h1-30H. The molecule has 2 aliphatic rings. The molecule has 56 heavy (non-hydrogen) atoms. The lowest BCUT2D eigenvalue weighted by Crippen LogP contribution is -2.21. The predicted molar refractivity (Wildman–Crippen MR) is 225 cm³/mol. The maximum atomic E-state index is 7.22. The van der Waals surface area contributed by atoms with Crippen LogP contribution >= 0.6 is 0 Å². The number of aromatic nitrogens is 3. The highest BCUT2D eigenvalue weighted by atomic mass is 16.5. The summed E-state index contributed by atoms with van der Waals surface area (Å²) in [5, 5.41) is 3.06. The summed E-state index contributed by atoms with van der Waals surface area (Å²) < 4.78 is 16.4. The smallest absolute Gasteiger partial charge is 0.180 e. The molecule has 0 fully saturated rings. The minimum atomic E-state index is 0.674. The Labute approximate surface area is 322 Å². The number of pyridine rings is 2. The molecule has 0 amide bonds. The van der Waals surface area contributed by atoms with Gasteiger partial charge in [0.2, 0.25) is 0 Å². The fourth-order valence-corrected chi connectivity index (χ4v) is 8.48. The second-order valence-electron chi connectivity index (χ2n) is 14.2. The van der Waals surface area contributed by atoms with Crippen LogP contribution in [0.1, 0.15) is 0 Å². The molecule has 7 aromatic carbocycles. The van der Waals surface area contributed by atoms with Gasteiger partial charge in [0.25, 0.3) is 0 Å². The van der Waals surface area contributed by atoms with E-state index in [2.05, 4.69) is 161 Å². The molecule has 0 radical (unpaired) electrons. The molecule has 0 N–H and O–H groups in total. The number of fused-ring (bicyclic) bond motifs is 9. The molecule has 0 atom stereocenters. The average Bonchev–Trinajstić information content (AvgIpc) is 3.60. The van der Waals surface area contributed by atoms with Crippen LogP contribution < -0.4 is 14.4 Å². The second kappa shape index (κ2) is 11.9. The summed E-state index contributed by atoms with van der Waals surface area (Å²) in [4.78, 5) is 12.3. The number of ether oxygens (including phenoxy) is 2. The summed E-state index contributed by atoms with van der Waals surface area (Å²) in [5.41, 5.74) is 11.9. The molecule has 10 aromatic rings. The molecule has 3 aromatic heterocycles. The van der Waals surface area contributed by atoms with Crippen LogP contribution in [0.2, 0.25) is 0 Å². The van der Waals surface area contributed by atoms with Crippen LogP contribution in [-0.2, 0) is 0 Å². The van der Waals surface area contributed by atoms with E-state index in [1.165, 1.54) is 0 Å². The SMILES string of the molecule is c1ccc(-c2ccc3c(c2)Oc2cc4c5ccccc5n(-c5cc(-c6ccccc6)c6cccnc6n5)c4c4c2N3c2ccc(-c3ccccc3)cc2O4)cc1. The maximum Gasteiger partial charge on any atom is 0.180 e. The molecule has 6 heteroatoms. The Hall–Kier alpha value is -7.70. The van der Waals surface area contributed by atoms with Crippen molar-refractivity contribution in [3.8, 4) is 62.2 Å². The fraction of sp³-hybridized carbons (Fsp3) is 0. The molecule has 5 heterocycles. The molecule has 2 aliphatic heterocycles. The molecule has 12 rings (SSSR count). The fourth-order valence-electron chi connectivity index (χ4n) is 8.48. The minimum absolute atomic E-state index is 0.674. The van der Waals surface area contributed by atoms with Crippen molar-refractivity contribution in [3.63, 3.8) is 0 Å². The van der Waals surface area contributed by atoms with Crippen molar-refractivity contribution >= 4 is 49.9 Å². The van der Waals surface area contributed by atoms with E-state index >= 15 is 0 Å². The van der Waals surface area contributed by atoms with E-state index in [0.717, 1.165) is 101 Å². The van der Waals surface area contributed by atoms with Crippen molar-refractivity contribution in [2.75, 3.05) is 4.90 Å². The third-order valence-corrected chi connectivity index (χ3v) is 11.0. The third-order valence-electron chi connectivity index (χ3n) is 11.0. The van der Waals surface area contributed by atoms with Gasteiger partial charge in [-0.3, -0.25) is 9.47 Å². The van der Waals surface area contributed by atoms with Crippen LogP contribution in [-0.4, -0.2) is 14.5 Å². The van der Waals surface area contributed by atoms with E-state index in [0.29, 0.717) is 11.4 Å². The highest BCUT2D eigenvalue weighted by Crippen LogP contribution is 2.63. The van der Waals surface area contributed by atoms with Gasteiger partial charge in [0.15, 0.2) is 28.6 Å². The number of rotatable bonds is 4. The summed E-state index contributed by atoms with van der Waals surface area (Å²) in [5.74, 6) is 3.72. The Morgan fingerprint density at radius 3 is 1.75 bits per heavy atom. The lowest BCUT2D eigenvalue weighted by atomic mass is 9.99. The van der Waals surface area contributed by atoms with E-state index < -0.39 is 0 Å². The first kappa shape index (κ1) is 30.7. The molecule has 0 saturated carbocycles. The van der Waals surface area contributed by atoms with Gasteiger partial charge in [-0.05, 0) is 88.0 Å². The van der Waals surface area contributed by atoms with Gasteiger partial charge in [-0.15, -0.1) is 0 Å². The van der Waals surface area contributed by atoms with Gasteiger partial charge in [0, 0.05) is 22.4 Å². The molecular weight excluding hydrogens is 689 g/mol. The van der Waals surface area contributed by atoms with Gasteiger partial charge >= 0.3 is 0 Å². The Kier molecular flexibility index (Phi) is 6.53. The van der Waals surface area contributed by atoms with Crippen molar-refractivity contribution < 1.29 is 9.47 Å². The van der Waals surface area contributed by atoms with Gasteiger partial charge in [0.1, 0.15) is 17.0 Å². The topological polar surface area (TPSA) is 52.4 Å². The lowest BCUT2D eigenvalue weighted by Gasteiger charge is -2.38. The van der Waals surface area contributed by atoms with Crippen LogP contribution in [0.15, 0.2) is 182 Å². The molecule has 0 aliphatic carbocycles. The number of benzene rings is 7. The molecule has 0 bridgehead atoms. The number of nitrogens with zero attached hydrogens (tertiary/aromatic N) is 4. The zero-order valence-corrected chi connectivity index (χ0v) is 29.9. The van der Waals surface area contributed by atoms with Crippen LogP contribution in [0.4, 0.5) is 17.1 Å². The number of hydrogen-bond acceptors (Lipinski definition) is 5. The Bertz CT molecular complexity index is 3180. The van der Waals surface area contributed by atoms with Gasteiger partial charge in [-0.1, -0.05) is 121 Å². The van der Waals surface area contributed by atoms with Crippen molar-refractivity contribution in [3.05, 3.63) is 182 Å². The van der Waals surface area contributed by atoms with Crippen LogP contribution in [0.3, 0.4) is 0 Å². The maximum absolute atomic E-state index is 7.22. The largest absolute Gasteiger partial charge is 0.453 e. The van der Waals surface area contributed by atoms with Crippen molar-refractivity contribution in [1.29, 1.82) is 0 Å². The Morgan fingerprint density at radius 2 is 1.05 bits per heavy atom. The van der Waals surface area contributed by atoms with Gasteiger partial charge in [-0.25, -0.2) is 9.97 Å². The van der Waals surface area contributed by atoms with E-state index in [9.17, 15) is 0 Å². The van der Waals surface area contributed by atoms with Gasteiger partial charge < -0.3 is 9.47 Å². The van der Waals surface area contributed by atoms with Crippen LogP contribution in [0, 0.1) is 0 Å². The first-order valence-electron chi connectivity index (χ1n) is 18.7. The third kappa shape index (κ3) is 4.56. The Morgan fingerprint density at radius 1 is 0.446 bits per heavy atom. The molecule has 0 unspecified atom stereocenters. The quantitative estimate of drug-likeness (QED) is 0.181. The molecular formula is C50H30N4O2. The molecule has 0 saturated heterocycles. The highest BCUT2D eigenvalue weighted by molar-refractivity contribution is 6.16. The Balaban J connectivity index is 1.16. The van der Waals surface area contributed by atoms with Crippen molar-refractivity contribution in [2.45, 2.75) is 0 Å². The lowest BCUT2D eigenvalue weighted by molar-refractivity contribution is 0.449. The van der Waals surface area contributed by atoms with Crippen molar-refractivity contribution in [1.82, 2.24) is 14.5 Å². The summed E-state index contributed by atoms with van der Waals surface area (Å²) in [6.45, 7) is 0. The van der Waals surface area contributed by atoms with E-state index in [4.69, 9.17) is 19.4 Å². The monoisotopic (exact) mass is 718 g/mol. The zero-order valence-electron chi connectivity index (χ0n) is 29.9. The average molecular weight is 719 g/mol. The van der Waals surface area contributed by atoms with E-state index in [1.54, 1.807) is 6.20 Å². The minimum Gasteiger partial charge on any atom is -0.453 e. The van der Waals surface area contributed by atoms with Gasteiger partial charge in [0.05, 0.1) is 16.9 Å². The van der Waals surface area contributed by atoms with E-state index in [-0.39, 0.29) is 0 Å². The molecule has 6 nitrogen and oxygen atoms in total. The summed E-state index contributed by atoms with van der Waals surface area (Å²) in [7, 11) is 0. The normalized spacial score (nSPS) is 12.5. The first-order valence-corrected chi connectivity index (χ1v) is 18.7. The second-order valence-corrected chi connectivity index (χ2v) is 14.2. The predicted octanol–water partition coefficient (Wildman–Crippen LogP) is 13.4. The van der Waals surface area contributed by atoms with Crippen LogP contribution in [0.5, 0.6) is 23.0 Å². The molecule has 262 valence electrons. The van der Waals surface area contributed by atoms with E-state index in [1.807, 2.05) is 24.3 Å². The van der Waals surface area contributed by atoms with Gasteiger partial charge in [-0.2, -0.15) is 0 Å². The summed E-state index contributed by atoms with van der Waals surface area (Å²) >= 11 is 0. The van der Waals surface area contributed by atoms with Crippen molar-refractivity contribution in [2.24, 2.45) is 0 Å². The number of hydrogen-bond donors (Lipinski definition) is 0. The highest BCUT2D eigenvalue weighted by Gasteiger charge is 2.38. The molecule has 0 spiro atoms. The number of para-hydroxylation sites is 1. The summed E-state index contributed by atoms with van der Waals surface area (Å²) in [6.07, 6.45) is 1.81. The number of anilines is 3. The van der Waals surface area contributed by atoms with Crippen LogP contribution in [0.25, 0.3) is 72.0 Å².